The van der Waals surface area contributed by atoms with Crippen molar-refractivity contribution in [3.8, 4) is 5.75 Å². The van der Waals surface area contributed by atoms with Crippen molar-refractivity contribution in [1.29, 1.82) is 0 Å². The van der Waals surface area contributed by atoms with Gasteiger partial charge in [-0.05, 0) is 60.0 Å². The van der Waals surface area contributed by atoms with E-state index >= 15 is 0 Å². The van der Waals surface area contributed by atoms with Gasteiger partial charge in [0.2, 0.25) is 11.8 Å². The van der Waals surface area contributed by atoms with E-state index in [4.69, 9.17) is 4.74 Å². The molecule has 0 aliphatic carbocycles. The number of hydrogen-bond acceptors (Lipinski definition) is 6. The molecule has 3 aromatic rings. The summed E-state index contributed by atoms with van der Waals surface area (Å²) in [6, 6.07) is 24.8. The van der Waals surface area contributed by atoms with Crippen LogP contribution in [0.5, 0.6) is 5.75 Å². The fourth-order valence-corrected chi connectivity index (χ4v) is 4.14. The van der Waals surface area contributed by atoms with E-state index in [1.165, 1.54) is 17.3 Å². The van der Waals surface area contributed by atoms with Gasteiger partial charge < -0.3 is 15.4 Å². The molecule has 0 aromatic heterocycles. The van der Waals surface area contributed by atoms with Crippen LogP contribution >= 0.6 is 11.8 Å². The molecule has 4 rings (SSSR count). The van der Waals surface area contributed by atoms with Gasteiger partial charge in [0, 0.05) is 12.1 Å². The first-order valence-electron chi connectivity index (χ1n) is 10.8. The van der Waals surface area contributed by atoms with Gasteiger partial charge in [0.15, 0.2) is 5.17 Å². The molecule has 34 heavy (non-hydrogen) atoms. The number of carbonyl (C=O) groups excluding carboxylic acids is 2. The summed E-state index contributed by atoms with van der Waals surface area (Å²) in [5.74, 6) is 0.285. The highest BCUT2D eigenvalue weighted by atomic mass is 32.2. The van der Waals surface area contributed by atoms with Gasteiger partial charge in [0.1, 0.15) is 17.6 Å². The van der Waals surface area contributed by atoms with E-state index in [9.17, 15) is 9.59 Å². The summed E-state index contributed by atoms with van der Waals surface area (Å²) in [6.45, 7) is 2.57. The van der Waals surface area contributed by atoms with Crippen molar-refractivity contribution in [3.05, 3.63) is 95.6 Å². The van der Waals surface area contributed by atoms with Crippen molar-refractivity contribution in [2.75, 3.05) is 5.32 Å². The van der Waals surface area contributed by atoms with Crippen molar-refractivity contribution in [3.63, 3.8) is 0 Å². The predicted molar refractivity (Wildman–Crippen MR) is 136 cm³/mol. The minimum Gasteiger partial charge on any atom is -0.489 e. The number of rotatable bonds is 8. The van der Waals surface area contributed by atoms with Crippen LogP contribution in [0.3, 0.4) is 0 Å². The van der Waals surface area contributed by atoms with Crippen LogP contribution in [0.15, 0.2) is 89.1 Å². The fraction of sp³-hybridized carbons (Fsp3) is 0.154. The van der Waals surface area contributed by atoms with E-state index in [0.29, 0.717) is 17.5 Å². The van der Waals surface area contributed by atoms with Gasteiger partial charge in [-0.2, -0.15) is 5.10 Å². The normalized spacial score (nSPS) is 16.6. The lowest BCUT2D eigenvalue weighted by atomic mass is 10.1. The minimum atomic E-state index is -0.539. The molecule has 172 valence electrons. The monoisotopic (exact) mass is 472 g/mol. The molecule has 8 heteroatoms. The Hall–Kier alpha value is -3.91. The van der Waals surface area contributed by atoms with E-state index in [2.05, 4.69) is 39.9 Å². The van der Waals surface area contributed by atoms with Crippen LogP contribution in [-0.2, 0) is 16.2 Å². The number of amides is 2. The molecule has 2 amide bonds. The second kappa shape index (κ2) is 11.3. The van der Waals surface area contributed by atoms with Gasteiger partial charge in [0.05, 0.1) is 6.21 Å². The van der Waals surface area contributed by atoms with Crippen LogP contribution in [-0.4, -0.2) is 28.4 Å². The van der Waals surface area contributed by atoms with Gasteiger partial charge in [-0.25, -0.2) is 0 Å². The lowest BCUT2D eigenvalue weighted by Gasteiger charge is -2.08. The van der Waals surface area contributed by atoms with Crippen molar-refractivity contribution in [2.24, 2.45) is 10.2 Å². The van der Waals surface area contributed by atoms with Gasteiger partial charge in [0.25, 0.3) is 0 Å². The molecule has 1 fully saturated rings. The number of para-hydroxylation sites is 1. The summed E-state index contributed by atoms with van der Waals surface area (Å²) in [7, 11) is 0. The van der Waals surface area contributed by atoms with Crippen molar-refractivity contribution >= 4 is 40.6 Å². The number of benzene rings is 3. The molecule has 1 atom stereocenters. The predicted octanol–water partition coefficient (Wildman–Crippen LogP) is 4.52. The number of thioether (sulfide) groups is 1. The van der Waals surface area contributed by atoms with Crippen molar-refractivity contribution < 1.29 is 14.3 Å². The minimum absolute atomic E-state index is 0.0537. The molecular weight excluding hydrogens is 448 g/mol. The van der Waals surface area contributed by atoms with Gasteiger partial charge in [-0.3, -0.25) is 9.59 Å². The molecule has 0 saturated carbocycles. The summed E-state index contributed by atoms with van der Waals surface area (Å²) in [6.07, 6.45) is 1.65. The first-order chi connectivity index (χ1) is 16.6. The molecule has 1 heterocycles. The van der Waals surface area contributed by atoms with Crippen LogP contribution in [0.1, 0.15) is 23.1 Å². The van der Waals surface area contributed by atoms with Crippen LogP contribution in [0.4, 0.5) is 5.69 Å². The Morgan fingerprint density at radius 3 is 2.56 bits per heavy atom. The SMILES string of the molecule is Cc1ccccc1COc1ccc(/C=N\N=C2\NC(=O)[C@H](CC(=O)Nc3ccccc3)S2)cc1. The van der Waals surface area contributed by atoms with E-state index < -0.39 is 5.25 Å². The van der Waals surface area contributed by atoms with Gasteiger partial charge in [-0.15, -0.1) is 5.10 Å². The number of amidine groups is 1. The Kier molecular flexibility index (Phi) is 7.72. The smallest absolute Gasteiger partial charge is 0.240 e. The molecule has 7 nitrogen and oxygen atoms in total. The molecule has 2 N–H and O–H groups in total. The fourth-order valence-electron chi connectivity index (χ4n) is 3.22. The largest absolute Gasteiger partial charge is 0.489 e. The van der Waals surface area contributed by atoms with Crippen LogP contribution in [0, 0.1) is 6.92 Å². The second-order valence-corrected chi connectivity index (χ2v) is 8.84. The average molecular weight is 473 g/mol. The Morgan fingerprint density at radius 2 is 1.79 bits per heavy atom. The first-order valence-corrected chi connectivity index (χ1v) is 11.7. The Labute approximate surface area is 202 Å². The molecule has 0 radical (unpaired) electrons. The lowest BCUT2D eigenvalue weighted by Crippen LogP contribution is -2.28. The maximum Gasteiger partial charge on any atom is 0.240 e. The van der Waals surface area contributed by atoms with Gasteiger partial charge in [-0.1, -0.05) is 54.2 Å². The van der Waals surface area contributed by atoms with Crippen LogP contribution in [0.25, 0.3) is 0 Å². The third-order valence-corrected chi connectivity index (χ3v) is 6.17. The first kappa shape index (κ1) is 23.3. The van der Waals surface area contributed by atoms with E-state index in [1.54, 1.807) is 18.3 Å². The summed E-state index contributed by atoms with van der Waals surface area (Å²) in [5.41, 5.74) is 3.89. The van der Waals surface area contributed by atoms with E-state index in [0.717, 1.165) is 16.9 Å². The standard InChI is InChI=1S/C26H24N4O3S/c1-18-7-5-6-8-20(18)17-33-22-13-11-19(12-14-22)16-27-30-26-29-25(32)23(34-26)15-24(31)28-21-9-3-2-4-10-21/h2-14,16,23H,15,17H2,1H3,(H,28,31)(H,29,30,32)/b27-16-/t23-/m0/s1. The summed E-state index contributed by atoms with van der Waals surface area (Å²) in [4.78, 5) is 24.4. The molecule has 1 aliphatic heterocycles. The van der Waals surface area contributed by atoms with E-state index in [1.807, 2.05) is 54.6 Å². The maximum absolute atomic E-state index is 12.2. The highest BCUT2D eigenvalue weighted by Gasteiger charge is 2.32. The zero-order valence-electron chi connectivity index (χ0n) is 18.6. The summed E-state index contributed by atoms with van der Waals surface area (Å²) >= 11 is 1.20. The Morgan fingerprint density at radius 1 is 1.06 bits per heavy atom. The molecule has 0 spiro atoms. The molecule has 0 bridgehead atoms. The third-order valence-electron chi connectivity index (χ3n) is 5.10. The number of hydrogen-bond donors (Lipinski definition) is 2. The zero-order chi connectivity index (χ0) is 23.8. The van der Waals surface area contributed by atoms with Crippen LogP contribution in [0.2, 0.25) is 0 Å². The molecular formula is C26H24N4O3S. The summed E-state index contributed by atoms with van der Waals surface area (Å²) in [5, 5.41) is 13.4. The maximum atomic E-state index is 12.2. The summed E-state index contributed by atoms with van der Waals surface area (Å²) < 4.78 is 5.85. The average Bonchev–Trinajstić information content (AvgIpc) is 3.18. The van der Waals surface area contributed by atoms with Gasteiger partial charge >= 0.3 is 0 Å². The zero-order valence-corrected chi connectivity index (χ0v) is 19.4. The number of ether oxygens (including phenoxy) is 1. The van der Waals surface area contributed by atoms with Crippen LogP contribution < -0.4 is 15.4 Å². The number of nitrogens with one attached hydrogen (secondary N) is 2. The number of aryl methyl sites for hydroxylation is 1. The second-order valence-electron chi connectivity index (χ2n) is 7.65. The molecule has 1 saturated heterocycles. The number of carbonyl (C=O) groups is 2. The number of anilines is 1. The quantitative estimate of drug-likeness (QED) is 0.372. The lowest BCUT2D eigenvalue weighted by molar-refractivity contribution is -0.122. The third kappa shape index (κ3) is 6.55. The Balaban J connectivity index is 1.26. The Bertz CT molecular complexity index is 1210. The topological polar surface area (TPSA) is 92.2 Å². The number of nitrogens with zero attached hydrogens (tertiary/aromatic N) is 2. The molecule has 0 unspecified atom stereocenters. The van der Waals surface area contributed by atoms with Crippen molar-refractivity contribution in [2.45, 2.75) is 25.2 Å². The molecule has 1 aliphatic rings. The highest BCUT2D eigenvalue weighted by Crippen LogP contribution is 2.23. The molecule has 3 aromatic carbocycles. The van der Waals surface area contributed by atoms with Crippen molar-refractivity contribution in [1.82, 2.24) is 5.32 Å². The van der Waals surface area contributed by atoms with E-state index in [-0.39, 0.29) is 18.2 Å². The highest BCUT2D eigenvalue weighted by molar-refractivity contribution is 8.15.